The van der Waals surface area contributed by atoms with Crippen LogP contribution in [0.25, 0.3) is 0 Å². The third kappa shape index (κ3) is 2.82. The summed E-state index contributed by atoms with van der Waals surface area (Å²) in [5, 5.41) is 0. The highest BCUT2D eigenvalue weighted by molar-refractivity contribution is 6.11. The van der Waals surface area contributed by atoms with Gasteiger partial charge < -0.3 is 9.47 Å². The maximum atomic E-state index is 12.7. The first-order chi connectivity index (χ1) is 9.55. The van der Waals surface area contributed by atoms with Gasteiger partial charge in [0.05, 0.1) is 19.8 Å². The molecule has 0 amide bonds. The molecule has 104 valence electrons. The maximum absolute atomic E-state index is 12.7. The second-order valence-electron chi connectivity index (χ2n) is 4.77. The van der Waals surface area contributed by atoms with E-state index in [0.29, 0.717) is 22.6 Å². The fourth-order valence-corrected chi connectivity index (χ4v) is 2.25. The molecule has 0 aliphatic carbocycles. The molecule has 0 atom stereocenters. The highest BCUT2D eigenvalue weighted by Crippen LogP contribution is 2.27. The first-order valence-corrected chi connectivity index (χ1v) is 6.40. The smallest absolute Gasteiger partial charge is 0.196 e. The zero-order valence-electron chi connectivity index (χ0n) is 12.2. The topological polar surface area (TPSA) is 35.5 Å². The number of hydrogen-bond acceptors (Lipinski definition) is 3. The number of ether oxygens (including phenoxy) is 2. The molecule has 0 spiro atoms. The van der Waals surface area contributed by atoms with E-state index < -0.39 is 0 Å². The molecule has 2 aromatic rings. The van der Waals surface area contributed by atoms with Crippen molar-refractivity contribution in [3.05, 3.63) is 58.7 Å². The Kier molecular flexibility index (Phi) is 4.08. The van der Waals surface area contributed by atoms with Gasteiger partial charge in [-0.25, -0.2) is 0 Å². The molecule has 3 nitrogen and oxygen atoms in total. The second kappa shape index (κ2) is 5.78. The van der Waals surface area contributed by atoms with Gasteiger partial charge in [0.15, 0.2) is 5.78 Å². The lowest BCUT2D eigenvalue weighted by Crippen LogP contribution is -2.05. The molecule has 0 bridgehead atoms. The molecule has 3 heteroatoms. The summed E-state index contributed by atoms with van der Waals surface area (Å²) in [7, 11) is 3.13. The van der Waals surface area contributed by atoms with Gasteiger partial charge in [-0.15, -0.1) is 0 Å². The monoisotopic (exact) mass is 270 g/mol. The molecule has 0 aliphatic heterocycles. The number of ketones is 1. The van der Waals surface area contributed by atoms with Gasteiger partial charge >= 0.3 is 0 Å². The molecular formula is C17H18O3. The van der Waals surface area contributed by atoms with E-state index in [4.69, 9.17) is 9.47 Å². The molecule has 0 aliphatic rings. The van der Waals surface area contributed by atoms with Crippen LogP contribution in [0.1, 0.15) is 27.0 Å². The van der Waals surface area contributed by atoms with Crippen LogP contribution in [0.3, 0.4) is 0 Å². The van der Waals surface area contributed by atoms with Crippen molar-refractivity contribution >= 4 is 5.78 Å². The van der Waals surface area contributed by atoms with Crippen LogP contribution < -0.4 is 9.47 Å². The fraction of sp³-hybridized carbons (Fsp3) is 0.235. The third-order valence-corrected chi connectivity index (χ3v) is 3.14. The Labute approximate surface area is 119 Å². The van der Waals surface area contributed by atoms with Gasteiger partial charge in [-0.3, -0.25) is 4.79 Å². The lowest BCUT2D eigenvalue weighted by atomic mass is 9.98. The zero-order valence-corrected chi connectivity index (χ0v) is 12.2. The lowest BCUT2D eigenvalue weighted by molar-refractivity contribution is 0.103. The SMILES string of the molecule is COc1ccc(OC)c(C(=O)c2cc(C)cc(C)c2)c1. The van der Waals surface area contributed by atoms with Gasteiger partial charge in [0.1, 0.15) is 11.5 Å². The molecule has 20 heavy (non-hydrogen) atoms. The third-order valence-electron chi connectivity index (χ3n) is 3.14. The Morgan fingerprint density at radius 2 is 1.55 bits per heavy atom. The molecule has 2 rings (SSSR count). The van der Waals surface area contributed by atoms with Gasteiger partial charge in [0, 0.05) is 5.56 Å². The van der Waals surface area contributed by atoms with E-state index in [0.717, 1.165) is 11.1 Å². The van der Waals surface area contributed by atoms with E-state index in [1.165, 1.54) is 0 Å². The number of carbonyl (C=O) groups excluding carboxylic acids is 1. The summed E-state index contributed by atoms with van der Waals surface area (Å²) in [5.41, 5.74) is 3.30. The molecular weight excluding hydrogens is 252 g/mol. The van der Waals surface area contributed by atoms with Crippen molar-refractivity contribution in [2.75, 3.05) is 14.2 Å². The zero-order chi connectivity index (χ0) is 14.7. The van der Waals surface area contributed by atoms with E-state index in [9.17, 15) is 4.79 Å². The molecule has 0 aromatic heterocycles. The number of aryl methyl sites for hydroxylation is 2. The molecule has 0 radical (unpaired) electrons. The predicted molar refractivity (Wildman–Crippen MR) is 78.9 cm³/mol. The Hall–Kier alpha value is -2.29. The Bertz CT molecular complexity index is 624. The normalized spacial score (nSPS) is 10.2. The fourth-order valence-electron chi connectivity index (χ4n) is 2.25. The first-order valence-electron chi connectivity index (χ1n) is 6.40. The predicted octanol–water partition coefficient (Wildman–Crippen LogP) is 3.55. The highest BCUT2D eigenvalue weighted by atomic mass is 16.5. The summed E-state index contributed by atoms with van der Waals surface area (Å²) < 4.78 is 10.5. The Morgan fingerprint density at radius 1 is 0.900 bits per heavy atom. The summed E-state index contributed by atoms with van der Waals surface area (Å²) in [6.45, 7) is 3.96. The summed E-state index contributed by atoms with van der Waals surface area (Å²) in [5.74, 6) is 1.13. The van der Waals surface area contributed by atoms with E-state index in [-0.39, 0.29) is 5.78 Å². The quantitative estimate of drug-likeness (QED) is 0.797. The van der Waals surface area contributed by atoms with Crippen molar-refractivity contribution < 1.29 is 14.3 Å². The minimum Gasteiger partial charge on any atom is -0.497 e. The lowest BCUT2D eigenvalue weighted by Gasteiger charge is -2.10. The molecule has 2 aromatic carbocycles. The maximum Gasteiger partial charge on any atom is 0.196 e. The molecule has 0 unspecified atom stereocenters. The van der Waals surface area contributed by atoms with Crippen LogP contribution in [0.4, 0.5) is 0 Å². The van der Waals surface area contributed by atoms with Crippen LogP contribution in [0.15, 0.2) is 36.4 Å². The number of rotatable bonds is 4. The Morgan fingerprint density at radius 3 is 2.10 bits per heavy atom. The van der Waals surface area contributed by atoms with Crippen molar-refractivity contribution in [2.24, 2.45) is 0 Å². The van der Waals surface area contributed by atoms with Gasteiger partial charge in [-0.1, -0.05) is 17.2 Å². The van der Waals surface area contributed by atoms with Crippen LogP contribution in [0, 0.1) is 13.8 Å². The molecule has 0 fully saturated rings. The minimum atomic E-state index is -0.0625. The molecule has 0 saturated carbocycles. The van der Waals surface area contributed by atoms with Crippen molar-refractivity contribution in [2.45, 2.75) is 13.8 Å². The molecule has 0 saturated heterocycles. The van der Waals surface area contributed by atoms with Gasteiger partial charge in [-0.2, -0.15) is 0 Å². The summed E-state index contributed by atoms with van der Waals surface area (Å²) in [6.07, 6.45) is 0. The van der Waals surface area contributed by atoms with E-state index in [1.54, 1.807) is 32.4 Å². The molecule has 0 heterocycles. The minimum absolute atomic E-state index is 0.0625. The van der Waals surface area contributed by atoms with Crippen LogP contribution in [-0.4, -0.2) is 20.0 Å². The highest BCUT2D eigenvalue weighted by Gasteiger charge is 2.16. The number of carbonyl (C=O) groups is 1. The van der Waals surface area contributed by atoms with Gasteiger partial charge in [-0.05, 0) is 44.2 Å². The van der Waals surface area contributed by atoms with Crippen LogP contribution in [0.5, 0.6) is 11.5 Å². The summed E-state index contributed by atoms with van der Waals surface area (Å²) >= 11 is 0. The van der Waals surface area contributed by atoms with Gasteiger partial charge in [0.2, 0.25) is 0 Å². The van der Waals surface area contributed by atoms with Crippen molar-refractivity contribution in [3.8, 4) is 11.5 Å². The average Bonchev–Trinajstić information content (AvgIpc) is 2.44. The van der Waals surface area contributed by atoms with Gasteiger partial charge in [0.25, 0.3) is 0 Å². The first kappa shape index (κ1) is 14.1. The summed E-state index contributed by atoms with van der Waals surface area (Å²) in [4.78, 5) is 12.7. The van der Waals surface area contributed by atoms with Crippen LogP contribution in [-0.2, 0) is 0 Å². The molecule has 0 N–H and O–H groups in total. The average molecular weight is 270 g/mol. The summed E-state index contributed by atoms with van der Waals surface area (Å²) in [6, 6.07) is 11.0. The largest absolute Gasteiger partial charge is 0.497 e. The van der Waals surface area contributed by atoms with Crippen molar-refractivity contribution in [1.82, 2.24) is 0 Å². The van der Waals surface area contributed by atoms with E-state index >= 15 is 0 Å². The van der Waals surface area contributed by atoms with Crippen molar-refractivity contribution in [3.63, 3.8) is 0 Å². The number of benzene rings is 2. The number of hydrogen-bond donors (Lipinski definition) is 0. The Balaban J connectivity index is 2.51. The van der Waals surface area contributed by atoms with E-state index in [1.807, 2.05) is 32.0 Å². The second-order valence-corrected chi connectivity index (χ2v) is 4.77. The standard InChI is InChI=1S/C17H18O3/c1-11-7-12(2)9-13(8-11)17(18)15-10-14(19-3)5-6-16(15)20-4/h5-10H,1-4H3. The number of methoxy groups -OCH3 is 2. The van der Waals surface area contributed by atoms with Crippen molar-refractivity contribution in [1.29, 1.82) is 0 Å². The van der Waals surface area contributed by atoms with E-state index in [2.05, 4.69) is 0 Å². The van der Waals surface area contributed by atoms with Crippen LogP contribution in [0.2, 0.25) is 0 Å². The van der Waals surface area contributed by atoms with Crippen LogP contribution >= 0.6 is 0 Å².